The van der Waals surface area contributed by atoms with Crippen LogP contribution in [0.5, 0.6) is 0 Å². The first-order valence-corrected chi connectivity index (χ1v) is 6.97. The van der Waals surface area contributed by atoms with Crippen LogP contribution in [0.1, 0.15) is 27.0 Å². The van der Waals surface area contributed by atoms with E-state index in [1.54, 1.807) is 18.2 Å². The highest BCUT2D eigenvalue weighted by Gasteiger charge is 2.11. The summed E-state index contributed by atoms with van der Waals surface area (Å²) in [6, 6.07) is 8.87. The molecule has 0 saturated carbocycles. The van der Waals surface area contributed by atoms with Crippen molar-refractivity contribution < 1.29 is 4.79 Å². The molecule has 0 aliphatic heterocycles. The Hall–Kier alpha value is -1.51. The van der Waals surface area contributed by atoms with Crippen molar-refractivity contribution in [3.05, 3.63) is 62.6 Å². The van der Waals surface area contributed by atoms with Crippen molar-refractivity contribution in [2.75, 3.05) is 5.32 Å². The third-order valence-corrected chi connectivity index (χ3v) is 3.48. The zero-order chi connectivity index (χ0) is 14.9. The first-order valence-electron chi connectivity index (χ1n) is 6.22. The number of rotatable bonds is 2. The molecule has 0 saturated heterocycles. The van der Waals surface area contributed by atoms with Crippen molar-refractivity contribution in [3.63, 3.8) is 0 Å². The molecule has 0 bridgehead atoms. The molecule has 0 unspecified atom stereocenters. The molecule has 0 fully saturated rings. The average molecular weight is 308 g/mol. The van der Waals surface area contributed by atoms with Gasteiger partial charge in [-0.3, -0.25) is 4.79 Å². The van der Waals surface area contributed by atoms with E-state index in [9.17, 15) is 4.79 Å². The Morgan fingerprint density at radius 3 is 1.90 bits per heavy atom. The van der Waals surface area contributed by atoms with Gasteiger partial charge in [-0.25, -0.2) is 0 Å². The summed E-state index contributed by atoms with van der Waals surface area (Å²) in [5.74, 6) is -0.218. The van der Waals surface area contributed by atoms with Gasteiger partial charge in [0.15, 0.2) is 0 Å². The number of amides is 1. The van der Waals surface area contributed by atoms with Crippen LogP contribution in [0.15, 0.2) is 30.3 Å². The Kier molecular flexibility index (Phi) is 4.36. The van der Waals surface area contributed by atoms with Crippen molar-refractivity contribution in [2.24, 2.45) is 0 Å². The van der Waals surface area contributed by atoms with E-state index in [0.29, 0.717) is 15.6 Å². The largest absolute Gasteiger partial charge is 0.322 e. The van der Waals surface area contributed by atoms with Crippen LogP contribution in [-0.4, -0.2) is 5.91 Å². The molecule has 0 atom stereocenters. The molecule has 0 radical (unpaired) electrons. The number of halogens is 2. The number of carbonyl (C=O) groups is 1. The molecule has 2 aromatic rings. The first kappa shape index (κ1) is 14.9. The zero-order valence-corrected chi connectivity index (χ0v) is 13.1. The second kappa shape index (κ2) is 5.86. The van der Waals surface area contributed by atoms with Gasteiger partial charge in [0, 0.05) is 21.3 Å². The van der Waals surface area contributed by atoms with E-state index >= 15 is 0 Å². The van der Waals surface area contributed by atoms with Gasteiger partial charge < -0.3 is 5.32 Å². The first-order chi connectivity index (χ1) is 9.36. The molecule has 4 heteroatoms. The van der Waals surface area contributed by atoms with Crippen LogP contribution in [0.25, 0.3) is 0 Å². The van der Waals surface area contributed by atoms with Crippen LogP contribution in [0.2, 0.25) is 10.0 Å². The molecular weight excluding hydrogens is 293 g/mol. The summed E-state index contributed by atoms with van der Waals surface area (Å²) >= 11 is 11.8. The van der Waals surface area contributed by atoms with Crippen LogP contribution in [0.3, 0.4) is 0 Å². The van der Waals surface area contributed by atoms with E-state index in [-0.39, 0.29) is 5.91 Å². The van der Waals surface area contributed by atoms with Crippen molar-refractivity contribution in [1.29, 1.82) is 0 Å². The molecule has 0 heterocycles. The number of nitrogens with one attached hydrogen (secondary N) is 1. The van der Waals surface area contributed by atoms with Gasteiger partial charge in [-0.05, 0) is 50.1 Å². The summed E-state index contributed by atoms with van der Waals surface area (Å²) in [7, 11) is 0. The molecule has 0 aromatic heterocycles. The monoisotopic (exact) mass is 307 g/mol. The van der Waals surface area contributed by atoms with Gasteiger partial charge in [0.1, 0.15) is 0 Å². The van der Waals surface area contributed by atoms with Crippen molar-refractivity contribution >= 4 is 34.8 Å². The van der Waals surface area contributed by atoms with Gasteiger partial charge in [0.05, 0.1) is 0 Å². The molecule has 0 aliphatic rings. The van der Waals surface area contributed by atoms with E-state index in [4.69, 9.17) is 23.2 Å². The minimum absolute atomic E-state index is 0.218. The predicted molar refractivity (Wildman–Crippen MR) is 85.1 cm³/mol. The average Bonchev–Trinajstić information content (AvgIpc) is 2.32. The van der Waals surface area contributed by atoms with E-state index in [0.717, 1.165) is 16.8 Å². The lowest BCUT2D eigenvalue weighted by Gasteiger charge is -2.13. The number of carbonyl (C=O) groups excluding carboxylic acids is 1. The lowest BCUT2D eigenvalue weighted by molar-refractivity contribution is 0.102. The quantitative estimate of drug-likeness (QED) is 0.814. The van der Waals surface area contributed by atoms with Crippen molar-refractivity contribution in [3.8, 4) is 0 Å². The van der Waals surface area contributed by atoms with E-state index < -0.39 is 0 Å². The fourth-order valence-electron chi connectivity index (χ4n) is 2.25. The van der Waals surface area contributed by atoms with Crippen molar-refractivity contribution in [2.45, 2.75) is 20.8 Å². The van der Waals surface area contributed by atoms with Gasteiger partial charge in [-0.1, -0.05) is 40.9 Å². The standard InChI is InChI=1S/C16H15Cl2NO/c1-9-4-10(2)15(11(3)5-9)19-16(20)12-6-13(17)8-14(18)7-12/h4-8H,1-3H3,(H,19,20). The van der Waals surface area contributed by atoms with Gasteiger partial charge in [-0.2, -0.15) is 0 Å². The topological polar surface area (TPSA) is 29.1 Å². The highest BCUT2D eigenvalue weighted by atomic mass is 35.5. The fourth-order valence-corrected chi connectivity index (χ4v) is 2.77. The number of aryl methyl sites for hydroxylation is 3. The summed E-state index contributed by atoms with van der Waals surface area (Å²) < 4.78 is 0. The number of hydrogen-bond acceptors (Lipinski definition) is 1. The molecule has 104 valence electrons. The van der Waals surface area contributed by atoms with Gasteiger partial charge in [0.25, 0.3) is 5.91 Å². The Labute approximate surface area is 128 Å². The van der Waals surface area contributed by atoms with Gasteiger partial charge in [0.2, 0.25) is 0 Å². The van der Waals surface area contributed by atoms with Crippen molar-refractivity contribution in [1.82, 2.24) is 0 Å². The molecule has 0 spiro atoms. The maximum atomic E-state index is 12.3. The normalized spacial score (nSPS) is 10.4. The van der Waals surface area contributed by atoms with Crippen LogP contribution < -0.4 is 5.32 Å². The summed E-state index contributed by atoms with van der Waals surface area (Å²) in [4.78, 5) is 12.3. The summed E-state index contributed by atoms with van der Waals surface area (Å²) in [5.41, 5.74) is 4.51. The lowest BCUT2D eigenvalue weighted by atomic mass is 10.0. The Morgan fingerprint density at radius 2 is 1.40 bits per heavy atom. The van der Waals surface area contributed by atoms with E-state index in [1.165, 1.54) is 5.56 Å². The third-order valence-electron chi connectivity index (χ3n) is 3.04. The minimum Gasteiger partial charge on any atom is -0.322 e. The Bertz CT molecular complexity index is 637. The molecule has 2 rings (SSSR count). The van der Waals surface area contributed by atoms with Gasteiger partial charge >= 0.3 is 0 Å². The zero-order valence-electron chi connectivity index (χ0n) is 11.6. The second-order valence-electron chi connectivity index (χ2n) is 4.89. The summed E-state index contributed by atoms with van der Waals surface area (Å²) in [6.07, 6.45) is 0. The van der Waals surface area contributed by atoms with E-state index in [1.807, 2.05) is 32.9 Å². The Morgan fingerprint density at radius 1 is 0.900 bits per heavy atom. The highest BCUT2D eigenvalue weighted by Crippen LogP contribution is 2.24. The summed E-state index contributed by atoms with van der Waals surface area (Å²) in [6.45, 7) is 5.98. The molecule has 0 aliphatic carbocycles. The number of hydrogen-bond donors (Lipinski definition) is 1. The predicted octanol–water partition coefficient (Wildman–Crippen LogP) is 5.17. The van der Waals surface area contributed by atoms with Crippen LogP contribution >= 0.6 is 23.2 Å². The second-order valence-corrected chi connectivity index (χ2v) is 5.76. The number of benzene rings is 2. The smallest absolute Gasteiger partial charge is 0.255 e. The molecule has 2 nitrogen and oxygen atoms in total. The van der Waals surface area contributed by atoms with Gasteiger partial charge in [-0.15, -0.1) is 0 Å². The maximum Gasteiger partial charge on any atom is 0.255 e. The Balaban J connectivity index is 2.32. The molecule has 1 amide bonds. The summed E-state index contributed by atoms with van der Waals surface area (Å²) in [5, 5.41) is 3.81. The van der Waals surface area contributed by atoms with E-state index in [2.05, 4.69) is 5.32 Å². The lowest BCUT2D eigenvalue weighted by Crippen LogP contribution is -2.14. The fraction of sp³-hybridized carbons (Fsp3) is 0.188. The molecule has 2 aromatic carbocycles. The molecule has 20 heavy (non-hydrogen) atoms. The third kappa shape index (κ3) is 3.33. The minimum atomic E-state index is -0.218. The van der Waals surface area contributed by atoms with Crippen LogP contribution in [0.4, 0.5) is 5.69 Å². The van der Waals surface area contributed by atoms with Crippen LogP contribution in [0, 0.1) is 20.8 Å². The highest BCUT2D eigenvalue weighted by molar-refractivity contribution is 6.35. The molecule has 1 N–H and O–H groups in total. The maximum absolute atomic E-state index is 12.3. The number of anilines is 1. The SMILES string of the molecule is Cc1cc(C)c(NC(=O)c2cc(Cl)cc(Cl)c2)c(C)c1. The van der Waals surface area contributed by atoms with Crippen LogP contribution in [-0.2, 0) is 0 Å². The molecular formula is C16H15Cl2NO.